The molecule has 0 amide bonds. The molecule has 0 fully saturated rings. The molecule has 11 heteroatoms. The number of benzene rings is 1. The highest BCUT2D eigenvalue weighted by atomic mass is 32.2. The molecule has 136 valence electrons. The van der Waals surface area contributed by atoms with Crippen molar-refractivity contribution in [1.82, 2.24) is 24.9 Å². The van der Waals surface area contributed by atoms with Crippen LogP contribution in [0, 0.1) is 11.3 Å². The molecule has 2 heterocycles. The Bertz CT molecular complexity index is 1010. The monoisotopic (exact) mass is 381 g/mol. The molecule has 3 rings (SSSR count). The summed E-state index contributed by atoms with van der Waals surface area (Å²) in [6, 6.07) is 9.28. The van der Waals surface area contributed by atoms with Gasteiger partial charge >= 0.3 is 0 Å². The number of nitrogens with one attached hydrogen (secondary N) is 1. The molecule has 0 unspecified atom stereocenters. The number of rotatable bonds is 6. The third-order valence-electron chi connectivity index (χ3n) is 3.30. The topological polar surface area (TPSA) is 162 Å². The summed E-state index contributed by atoms with van der Waals surface area (Å²) in [6.07, 6.45) is 1.38. The van der Waals surface area contributed by atoms with Gasteiger partial charge in [-0.2, -0.15) is 20.2 Å². The molecule has 0 aliphatic heterocycles. The molecule has 10 nitrogen and oxygen atoms in total. The summed E-state index contributed by atoms with van der Waals surface area (Å²) in [6.45, 7) is 0. The molecular weight excluding hydrogens is 366 g/mol. The van der Waals surface area contributed by atoms with Crippen molar-refractivity contribution in [3.63, 3.8) is 0 Å². The van der Waals surface area contributed by atoms with Gasteiger partial charge in [-0.15, -0.1) is 0 Å². The van der Waals surface area contributed by atoms with E-state index in [-0.39, 0.29) is 17.3 Å². The Balaban J connectivity index is 1.75. The second kappa shape index (κ2) is 8.15. The number of anilines is 4. The quantitative estimate of drug-likeness (QED) is 0.421. The summed E-state index contributed by atoms with van der Waals surface area (Å²) in [4.78, 5) is 20.7. The number of hydrogen-bond donors (Lipinski definition) is 3. The summed E-state index contributed by atoms with van der Waals surface area (Å²) in [5.74, 6) is 1.94. The van der Waals surface area contributed by atoms with Gasteiger partial charge in [0.1, 0.15) is 29.0 Å². The van der Waals surface area contributed by atoms with Crippen LogP contribution in [0.4, 0.5) is 23.4 Å². The molecule has 5 N–H and O–H groups in total. The summed E-state index contributed by atoms with van der Waals surface area (Å²) in [5.41, 5.74) is 12.4. The lowest BCUT2D eigenvalue weighted by molar-refractivity contribution is 0.417. The number of para-hydroxylation sites is 2. The standard InChI is InChI=1S/C16H15N9OS/c1-26-11-5-3-2-4-10(11)21-15-23-12(22-14(19)25-15)8-27-16-20-7-9(6-17)13(18)24-16/h2-5,7H,8H2,1H3,(H2,18,20,24)(H3,19,21,22,23,25). The Morgan fingerprint density at radius 1 is 1.19 bits per heavy atom. The second-order valence-electron chi connectivity index (χ2n) is 5.11. The maximum Gasteiger partial charge on any atom is 0.232 e. The van der Waals surface area contributed by atoms with Gasteiger partial charge in [0, 0.05) is 0 Å². The molecule has 0 aliphatic rings. The lowest BCUT2D eigenvalue weighted by atomic mass is 10.3. The fraction of sp³-hybridized carbons (Fsp3) is 0.125. The van der Waals surface area contributed by atoms with Crippen molar-refractivity contribution in [2.75, 3.05) is 23.9 Å². The largest absolute Gasteiger partial charge is 0.495 e. The van der Waals surface area contributed by atoms with Crippen LogP contribution in [0.25, 0.3) is 0 Å². The molecule has 0 atom stereocenters. The molecule has 3 aromatic rings. The summed E-state index contributed by atoms with van der Waals surface area (Å²) in [5, 5.41) is 12.3. The predicted octanol–water partition coefficient (Wildman–Crippen LogP) is 1.74. The maximum atomic E-state index is 8.86. The van der Waals surface area contributed by atoms with E-state index in [0.717, 1.165) is 0 Å². The summed E-state index contributed by atoms with van der Waals surface area (Å²) in [7, 11) is 1.58. The highest BCUT2D eigenvalue weighted by Crippen LogP contribution is 2.26. The molecule has 0 radical (unpaired) electrons. The smallest absolute Gasteiger partial charge is 0.232 e. The minimum Gasteiger partial charge on any atom is -0.495 e. The maximum absolute atomic E-state index is 8.86. The van der Waals surface area contributed by atoms with E-state index in [1.54, 1.807) is 7.11 Å². The van der Waals surface area contributed by atoms with E-state index in [1.807, 2.05) is 30.3 Å². The average molecular weight is 381 g/mol. The van der Waals surface area contributed by atoms with E-state index in [4.69, 9.17) is 21.5 Å². The summed E-state index contributed by atoms with van der Waals surface area (Å²) < 4.78 is 5.29. The highest BCUT2D eigenvalue weighted by Gasteiger charge is 2.10. The lowest BCUT2D eigenvalue weighted by Crippen LogP contribution is -2.07. The molecular formula is C16H15N9OS. The van der Waals surface area contributed by atoms with Crippen molar-refractivity contribution in [2.45, 2.75) is 10.9 Å². The normalized spacial score (nSPS) is 10.2. The van der Waals surface area contributed by atoms with Crippen molar-refractivity contribution in [1.29, 1.82) is 5.26 Å². The zero-order valence-electron chi connectivity index (χ0n) is 14.2. The van der Waals surface area contributed by atoms with Crippen LogP contribution in [0.1, 0.15) is 11.4 Å². The Labute approximate surface area is 159 Å². The number of nitrogen functional groups attached to an aromatic ring is 2. The molecule has 1 aromatic carbocycles. The number of hydrogen-bond acceptors (Lipinski definition) is 11. The first-order valence-electron chi connectivity index (χ1n) is 7.65. The van der Waals surface area contributed by atoms with E-state index in [1.165, 1.54) is 18.0 Å². The van der Waals surface area contributed by atoms with Gasteiger partial charge in [0.05, 0.1) is 24.7 Å². The van der Waals surface area contributed by atoms with Crippen molar-refractivity contribution >= 4 is 35.2 Å². The van der Waals surface area contributed by atoms with Crippen molar-refractivity contribution in [2.24, 2.45) is 0 Å². The fourth-order valence-electron chi connectivity index (χ4n) is 2.09. The van der Waals surface area contributed by atoms with Crippen LogP contribution in [-0.4, -0.2) is 32.0 Å². The molecule has 0 spiro atoms. The molecule has 0 saturated carbocycles. The second-order valence-corrected chi connectivity index (χ2v) is 6.05. The number of ether oxygens (including phenoxy) is 1. The van der Waals surface area contributed by atoms with Crippen LogP contribution >= 0.6 is 11.8 Å². The molecule has 0 aliphatic carbocycles. The minimum absolute atomic E-state index is 0.0817. The number of methoxy groups -OCH3 is 1. The van der Waals surface area contributed by atoms with Crippen molar-refractivity contribution in [3.8, 4) is 11.8 Å². The average Bonchev–Trinajstić information content (AvgIpc) is 2.66. The SMILES string of the molecule is COc1ccccc1Nc1nc(N)nc(CSc2ncc(C#N)c(N)n2)n1. The number of nitrogens with two attached hydrogens (primary N) is 2. The van der Waals surface area contributed by atoms with Crippen molar-refractivity contribution < 1.29 is 4.74 Å². The van der Waals surface area contributed by atoms with Gasteiger partial charge in [-0.05, 0) is 12.1 Å². The van der Waals surface area contributed by atoms with Gasteiger partial charge in [0.15, 0.2) is 5.16 Å². The fourth-order valence-corrected chi connectivity index (χ4v) is 2.77. The van der Waals surface area contributed by atoms with Crippen LogP contribution in [-0.2, 0) is 5.75 Å². The number of aromatic nitrogens is 5. The number of thioether (sulfide) groups is 1. The van der Waals surface area contributed by atoms with Crippen LogP contribution in [0.15, 0.2) is 35.6 Å². The Hall–Kier alpha value is -3.65. The van der Waals surface area contributed by atoms with E-state index in [0.29, 0.717) is 34.1 Å². The zero-order valence-corrected chi connectivity index (χ0v) is 15.1. The van der Waals surface area contributed by atoms with Gasteiger partial charge in [-0.25, -0.2) is 9.97 Å². The zero-order chi connectivity index (χ0) is 19.2. The van der Waals surface area contributed by atoms with Gasteiger partial charge in [0.25, 0.3) is 0 Å². The molecule has 27 heavy (non-hydrogen) atoms. The summed E-state index contributed by atoms with van der Waals surface area (Å²) >= 11 is 1.27. The van der Waals surface area contributed by atoms with Crippen LogP contribution in [0.5, 0.6) is 5.75 Å². The van der Waals surface area contributed by atoms with Gasteiger partial charge < -0.3 is 21.5 Å². The highest BCUT2D eigenvalue weighted by molar-refractivity contribution is 7.98. The first-order valence-corrected chi connectivity index (χ1v) is 8.63. The van der Waals surface area contributed by atoms with Crippen LogP contribution in [0.3, 0.4) is 0 Å². The van der Waals surface area contributed by atoms with E-state index >= 15 is 0 Å². The lowest BCUT2D eigenvalue weighted by Gasteiger charge is -2.10. The predicted molar refractivity (Wildman–Crippen MR) is 101 cm³/mol. The van der Waals surface area contributed by atoms with E-state index < -0.39 is 0 Å². The minimum atomic E-state index is 0.0817. The van der Waals surface area contributed by atoms with E-state index in [9.17, 15) is 0 Å². The first kappa shape index (κ1) is 18.2. The first-order chi connectivity index (χ1) is 13.1. The van der Waals surface area contributed by atoms with E-state index in [2.05, 4.69) is 30.2 Å². The molecule has 2 aromatic heterocycles. The number of nitrogens with zero attached hydrogens (tertiary/aromatic N) is 6. The molecule has 0 saturated heterocycles. The van der Waals surface area contributed by atoms with Gasteiger partial charge in [-0.3, -0.25) is 0 Å². The van der Waals surface area contributed by atoms with Crippen LogP contribution in [0.2, 0.25) is 0 Å². The third-order valence-corrected chi connectivity index (χ3v) is 4.16. The van der Waals surface area contributed by atoms with Crippen molar-refractivity contribution in [3.05, 3.63) is 41.9 Å². The Kier molecular flexibility index (Phi) is 5.48. The third kappa shape index (κ3) is 4.50. The van der Waals surface area contributed by atoms with Gasteiger partial charge in [0.2, 0.25) is 11.9 Å². The van der Waals surface area contributed by atoms with Gasteiger partial charge in [-0.1, -0.05) is 23.9 Å². The van der Waals surface area contributed by atoms with Crippen LogP contribution < -0.4 is 21.5 Å². The molecule has 0 bridgehead atoms. The Morgan fingerprint density at radius 3 is 2.74 bits per heavy atom. The Morgan fingerprint density at radius 2 is 2.00 bits per heavy atom. The number of nitriles is 1.